The van der Waals surface area contributed by atoms with Crippen LogP contribution in [0.15, 0.2) is 24.3 Å². The molecule has 1 nitrogen and oxygen atoms in total. The molecule has 1 saturated carbocycles. The fourth-order valence-electron chi connectivity index (χ4n) is 2.89. The minimum Gasteiger partial charge on any atom is -0.316 e. The van der Waals surface area contributed by atoms with Gasteiger partial charge in [0.2, 0.25) is 0 Å². The summed E-state index contributed by atoms with van der Waals surface area (Å²) in [5, 5.41) is 3.49. The number of benzene rings is 1. The van der Waals surface area contributed by atoms with Crippen molar-refractivity contribution in [2.45, 2.75) is 18.8 Å². The molecular weight excluding hydrogens is 158 g/mol. The van der Waals surface area contributed by atoms with E-state index in [4.69, 9.17) is 0 Å². The van der Waals surface area contributed by atoms with Gasteiger partial charge in [-0.25, -0.2) is 0 Å². The highest BCUT2D eigenvalue weighted by molar-refractivity contribution is 5.41. The van der Waals surface area contributed by atoms with Gasteiger partial charge in [-0.15, -0.1) is 0 Å². The van der Waals surface area contributed by atoms with Gasteiger partial charge >= 0.3 is 0 Å². The minimum atomic E-state index is 0.533. The van der Waals surface area contributed by atoms with Crippen LogP contribution in [0.4, 0.5) is 0 Å². The molecule has 0 spiro atoms. The Morgan fingerprint density at radius 3 is 2.85 bits per heavy atom. The summed E-state index contributed by atoms with van der Waals surface area (Å²) in [6.45, 7) is 4.66. The molecule has 2 unspecified atom stereocenters. The van der Waals surface area contributed by atoms with E-state index in [-0.39, 0.29) is 0 Å². The van der Waals surface area contributed by atoms with Gasteiger partial charge < -0.3 is 5.32 Å². The zero-order chi connectivity index (χ0) is 8.89. The number of hydrogen-bond acceptors (Lipinski definition) is 1. The van der Waals surface area contributed by atoms with Crippen LogP contribution in [0.2, 0.25) is 0 Å². The molecule has 2 aliphatic rings. The lowest BCUT2D eigenvalue weighted by molar-refractivity contribution is 0.672. The summed E-state index contributed by atoms with van der Waals surface area (Å²) in [6.07, 6.45) is 1.41. The zero-order valence-corrected chi connectivity index (χ0v) is 8.01. The van der Waals surface area contributed by atoms with Gasteiger partial charge in [-0.1, -0.05) is 24.3 Å². The van der Waals surface area contributed by atoms with E-state index in [1.54, 1.807) is 5.56 Å². The Kier molecular flexibility index (Phi) is 1.37. The van der Waals surface area contributed by atoms with E-state index in [1.165, 1.54) is 25.1 Å². The molecule has 1 aromatic carbocycles. The van der Waals surface area contributed by atoms with Crippen LogP contribution in [-0.2, 0) is 5.41 Å². The average molecular weight is 173 g/mol. The third-order valence-corrected chi connectivity index (χ3v) is 3.74. The zero-order valence-electron chi connectivity index (χ0n) is 8.01. The molecule has 0 radical (unpaired) electrons. The Labute approximate surface area is 79.2 Å². The maximum absolute atomic E-state index is 3.49. The minimum absolute atomic E-state index is 0.533. The van der Waals surface area contributed by atoms with Crippen molar-refractivity contribution in [1.82, 2.24) is 5.32 Å². The molecule has 1 aromatic rings. The van der Waals surface area contributed by atoms with Gasteiger partial charge in [0.25, 0.3) is 0 Å². The van der Waals surface area contributed by atoms with Crippen LogP contribution in [-0.4, -0.2) is 13.1 Å². The SMILES string of the molecule is Cc1ccccc1C12CNCC1C2. The second-order valence-electron chi connectivity index (χ2n) is 4.50. The highest BCUT2D eigenvalue weighted by Crippen LogP contribution is 2.56. The van der Waals surface area contributed by atoms with E-state index in [0.29, 0.717) is 5.41 Å². The van der Waals surface area contributed by atoms with Crippen molar-refractivity contribution in [3.05, 3.63) is 35.4 Å². The maximum Gasteiger partial charge on any atom is 0.0124 e. The summed E-state index contributed by atoms with van der Waals surface area (Å²) >= 11 is 0. The van der Waals surface area contributed by atoms with Crippen LogP contribution < -0.4 is 5.32 Å². The summed E-state index contributed by atoms with van der Waals surface area (Å²) in [7, 11) is 0. The number of nitrogens with one attached hydrogen (secondary N) is 1. The van der Waals surface area contributed by atoms with E-state index in [2.05, 4.69) is 36.5 Å². The van der Waals surface area contributed by atoms with E-state index < -0.39 is 0 Å². The molecule has 13 heavy (non-hydrogen) atoms. The average Bonchev–Trinajstić information content (AvgIpc) is 2.70. The van der Waals surface area contributed by atoms with Gasteiger partial charge in [-0.3, -0.25) is 0 Å². The normalized spacial score (nSPS) is 35.9. The molecule has 68 valence electrons. The molecular formula is C12H15N. The molecule has 1 heterocycles. The summed E-state index contributed by atoms with van der Waals surface area (Å²) < 4.78 is 0. The van der Waals surface area contributed by atoms with Crippen molar-refractivity contribution in [1.29, 1.82) is 0 Å². The van der Waals surface area contributed by atoms with Crippen molar-refractivity contribution < 1.29 is 0 Å². The van der Waals surface area contributed by atoms with E-state index in [9.17, 15) is 0 Å². The summed E-state index contributed by atoms with van der Waals surface area (Å²) in [5.74, 6) is 0.925. The van der Waals surface area contributed by atoms with E-state index in [0.717, 1.165) is 5.92 Å². The molecule has 0 bridgehead atoms. The van der Waals surface area contributed by atoms with Crippen LogP contribution >= 0.6 is 0 Å². The molecule has 1 N–H and O–H groups in total. The molecule has 0 amide bonds. The lowest BCUT2D eigenvalue weighted by Gasteiger charge is -2.14. The fraction of sp³-hybridized carbons (Fsp3) is 0.500. The largest absolute Gasteiger partial charge is 0.316 e. The first-order valence-electron chi connectivity index (χ1n) is 5.10. The maximum atomic E-state index is 3.49. The Morgan fingerprint density at radius 1 is 1.38 bits per heavy atom. The van der Waals surface area contributed by atoms with Crippen LogP contribution in [0, 0.1) is 12.8 Å². The molecule has 0 aromatic heterocycles. The number of aryl methyl sites for hydroxylation is 1. The lowest BCUT2D eigenvalue weighted by atomic mass is 9.91. The highest BCUT2D eigenvalue weighted by Gasteiger charge is 2.58. The second kappa shape index (κ2) is 2.36. The van der Waals surface area contributed by atoms with Gasteiger partial charge in [0.1, 0.15) is 0 Å². The Bertz CT molecular complexity index is 345. The van der Waals surface area contributed by atoms with Gasteiger partial charge in [0, 0.05) is 12.0 Å². The van der Waals surface area contributed by atoms with Crippen LogP contribution in [0.1, 0.15) is 17.5 Å². The van der Waals surface area contributed by atoms with Crippen molar-refractivity contribution in [2.75, 3.05) is 13.1 Å². The number of hydrogen-bond donors (Lipinski definition) is 1. The lowest BCUT2D eigenvalue weighted by Crippen LogP contribution is -2.19. The van der Waals surface area contributed by atoms with E-state index >= 15 is 0 Å². The van der Waals surface area contributed by atoms with Crippen molar-refractivity contribution in [3.8, 4) is 0 Å². The number of fused-ring (bicyclic) bond motifs is 1. The standard InChI is InChI=1S/C12H15N/c1-9-4-2-3-5-11(9)12-6-10(12)7-13-8-12/h2-5,10,13H,6-8H2,1H3. The second-order valence-corrected chi connectivity index (χ2v) is 4.50. The smallest absolute Gasteiger partial charge is 0.0124 e. The van der Waals surface area contributed by atoms with Gasteiger partial charge in [-0.05, 0) is 36.9 Å². The summed E-state index contributed by atoms with van der Waals surface area (Å²) in [4.78, 5) is 0. The third-order valence-electron chi connectivity index (χ3n) is 3.74. The summed E-state index contributed by atoms with van der Waals surface area (Å²) in [5.41, 5.74) is 3.59. The molecule has 2 atom stereocenters. The Morgan fingerprint density at radius 2 is 2.23 bits per heavy atom. The van der Waals surface area contributed by atoms with Crippen LogP contribution in [0.25, 0.3) is 0 Å². The van der Waals surface area contributed by atoms with Crippen LogP contribution in [0.5, 0.6) is 0 Å². The van der Waals surface area contributed by atoms with Crippen molar-refractivity contribution in [3.63, 3.8) is 0 Å². The molecule has 1 saturated heterocycles. The molecule has 2 fully saturated rings. The van der Waals surface area contributed by atoms with Gasteiger partial charge in [0.05, 0.1) is 0 Å². The predicted molar refractivity (Wildman–Crippen MR) is 53.8 cm³/mol. The first-order chi connectivity index (χ1) is 6.33. The first-order valence-corrected chi connectivity index (χ1v) is 5.10. The Balaban J connectivity index is 2.06. The topological polar surface area (TPSA) is 12.0 Å². The van der Waals surface area contributed by atoms with Crippen molar-refractivity contribution in [2.24, 2.45) is 5.92 Å². The monoisotopic (exact) mass is 173 g/mol. The fourth-order valence-corrected chi connectivity index (χ4v) is 2.89. The quantitative estimate of drug-likeness (QED) is 0.683. The van der Waals surface area contributed by atoms with Crippen LogP contribution in [0.3, 0.4) is 0 Å². The third kappa shape index (κ3) is 0.910. The van der Waals surface area contributed by atoms with Gasteiger partial charge in [-0.2, -0.15) is 0 Å². The summed E-state index contributed by atoms with van der Waals surface area (Å²) in [6, 6.07) is 8.85. The van der Waals surface area contributed by atoms with E-state index in [1.807, 2.05) is 0 Å². The predicted octanol–water partition coefficient (Wildman–Crippen LogP) is 1.86. The van der Waals surface area contributed by atoms with Gasteiger partial charge in [0.15, 0.2) is 0 Å². The molecule has 3 rings (SSSR count). The molecule has 1 heteroatoms. The highest BCUT2D eigenvalue weighted by atomic mass is 15.0. The molecule has 1 aliphatic heterocycles. The number of rotatable bonds is 1. The molecule has 1 aliphatic carbocycles. The Hall–Kier alpha value is -0.820. The van der Waals surface area contributed by atoms with Crippen molar-refractivity contribution >= 4 is 0 Å². The number of piperidine rings is 1. The first kappa shape index (κ1) is 7.57.